The van der Waals surface area contributed by atoms with Gasteiger partial charge in [-0.1, -0.05) is 12.8 Å². The lowest BCUT2D eigenvalue weighted by Gasteiger charge is -2.21. The first-order chi connectivity index (χ1) is 8.69. The highest BCUT2D eigenvalue weighted by atomic mass is 15.4. The average Bonchev–Trinajstić information content (AvgIpc) is 2.97. The molecule has 0 aromatic carbocycles. The molecule has 1 heterocycles. The fourth-order valence-electron chi connectivity index (χ4n) is 2.35. The van der Waals surface area contributed by atoms with E-state index >= 15 is 0 Å². The molecule has 0 saturated heterocycles. The van der Waals surface area contributed by atoms with Gasteiger partial charge in [-0.15, -0.1) is 0 Å². The summed E-state index contributed by atoms with van der Waals surface area (Å²) in [4.78, 5) is 6.70. The average molecular weight is 250 g/mol. The number of hydrogen-bond donors (Lipinski definition) is 2. The Morgan fingerprint density at radius 1 is 1.61 bits per heavy atom. The number of nitrogens with two attached hydrogens (primary N) is 1. The number of hydrogen-bond acceptors (Lipinski definition) is 3. The highest BCUT2D eigenvalue weighted by Crippen LogP contribution is 2.21. The molecule has 6 nitrogen and oxygen atoms in total. The van der Waals surface area contributed by atoms with Crippen molar-refractivity contribution in [2.75, 3.05) is 7.05 Å². The summed E-state index contributed by atoms with van der Waals surface area (Å²) in [6.45, 7) is 0.754. The van der Waals surface area contributed by atoms with Crippen LogP contribution in [0.2, 0.25) is 0 Å². The van der Waals surface area contributed by atoms with E-state index in [1.807, 2.05) is 31.4 Å². The molecular weight excluding hydrogens is 228 g/mol. The summed E-state index contributed by atoms with van der Waals surface area (Å²) < 4.78 is 1.80. The topological polar surface area (TPSA) is 71.5 Å². The van der Waals surface area contributed by atoms with Crippen LogP contribution in [-0.2, 0) is 13.6 Å². The van der Waals surface area contributed by atoms with Crippen LogP contribution in [0.4, 0.5) is 0 Å². The number of hydrazine groups is 1. The third-order valence-corrected chi connectivity index (χ3v) is 3.30. The maximum atomic E-state index is 5.57. The Balaban J connectivity index is 1.98. The van der Waals surface area contributed by atoms with Crippen LogP contribution in [0.5, 0.6) is 0 Å². The van der Waals surface area contributed by atoms with Crippen molar-refractivity contribution >= 4 is 5.96 Å². The van der Waals surface area contributed by atoms with Crippen molar-refractivity contribution in [3.63, 3.8) is 0 Å². The van der Waals surface area contributed by atoms with Crippen LogP contribution in [0.15, 0.2) is 17.4 Å². The summed E-state index contributed by atoms with van der Waals surface area (Å²) in [7, 11) is 3.90. The van der Waals surface area contributed by atoms with Gasteiger partial charge in [0, 0.05) is 32.4 Å². The predicted octanol–water partition coefficient (Wildman–Crippen LogP) is 0.614. The molecule has 0 atom stereocenters. The second-order valence-electron chi connectivity index (χ2n) is 4.91. The highest BCUT2D eigenvalue weighted by molar-refractivity contribution is 5.79. The summed E-state index contributed by atoms with van der Waals surface area (Å²) in [5.74, 6) is 6.32. The second-order valence-corrected chi connectivity index (χ2v) is 4.91. The number of nitrogens with one attached hydrogen (secondary N) is 1. The van der Waals surface area contributed by atoms with E-state index in [1.165, 1.54) is 25.7 Å². The number of aromatic nitrogens is 2. The third-order valence-electron chi connectivity index (χ3n) is 3.30. The van der Waals surface area contributed by atoms with Gasteiger partial charge in [-0.05, 0) is 12.8 Å². The van der Waals surface area contributed by atoms with Crippen molar-refractivity contribution in [2.45, 2.75) is 38.3 Å². The van der Waals surface area contributed by atoms with Crippen LogP contribution in [-0.4, -0.2) is 33.7 Å². The van der Waals surface area contributed by atoms with E-state index in [4.69, 9.17) is 5.84 Å². The van der Waals surface area contributed by atoms with E-state index < -0.39 is 0 Å². The third kappa shape index (κ3) is 3.22. The monoisotopic (exact) mass is 250 g/mol. The highest BCUT2D eigenvalue weighted by Gasteiger charge is 2.16. The second kappa shape index (κ2) is 5.86. The molecule has 0 unspecified atom stereocenters. The number of nitrogens with zero attached hydrogens (tertiary/aromatic N) is 4. The van der Waals surface area contributed by atoms with E-state index in [0.29, 0.717) is 6.04 Å². The van der Waals surface area contributed by atoms with Gasteiger partial charge in [0.2, 0.25) is 5.96 Å². The molecule has 0 aliphatic heterocycles. The Morgan fingerprint density at radius 2 is 2.33 bits per heavy atom. The summed E-state index contributed by atoms with van der Waals surface area (Å²) in [5.41, 5.74) is 3.85. The fraction of sp³-hybridized carbons (Fsp3) is 0.667. The van der Waals surface area contributed by atoms with E-state index in [9.17, 15) is 0 Å². The number of aliphatic imine (C=N–C) groups is 1. The number of guanidine groups is 1. The van der Waals surface area contributed by atoms with Gasteiger partial charge < -0.3 is 4.90 Å². The molecule has 3 N–H and O–H groups in total. The first-order valence-corrected chi connectivity index (χ1v) is 6.42. The zero-order valence-electron chi connectivity index (χ0n) is 11.1. The summed E-state index contributed by atoms with van der Waals surface area (Å²) >= 11 is 0. The molecule has 18 heavy (non-hydrogen) atoms. The van der Waals surface area contributed by atoms with Crippen molar-refractivity contribution in [1.29, 1.82) is 0 Å². The van der Waals surface area contributed by atoms with E-state index in [1.54, 1.807) is 4.68 Å². The van der Waals surface area contributed by atoms with Crippen LogP contribution < -0.4 is 11.3 Å². The molecule has 100 valence electrons. The molecule has 0 spiro atoms. The van der Waals surface area contributed by atoms with Crippen molar-refractivity contribution in [1.82, 2.24) is 20.1 Å². The molecule has 0 radical (unpaired) electrons. The Labute approximate surface area is 108 Å². The molecule has 1 fully saturated rings. The first-order valence-electron chi connectivity index (χ1n) is 6.42. The molecule has 1 aliphatic rings. The van der Waals surface area contributed by atoms with Crippen LogP contribution >= 0.6 is 0 Å². The van der Waals surface area contributed by atoms with Crippen molar-refractivity contribution in [3.8, 4) is 0 Å². The minimum atomic E-state index is 0.424. The smallest absolute Gasteiger partial charge is 0.208 e. The lowest BCUT2D eigenvalue weighted by molar-refractivity contribution is 0.471. The SMILES string of the molecule is CN(Cc1cnn(C)c1)C(=NC1CCCC1)NN. The molecule has 1 aromatic heterocycles. The molecular formula is C12H22N6. The van der Waals surface area contributed by atoms with Gasteiger partial charge >= 0.3 is 0 Å². The lowest BCUT2D eigenvalue weighted by Crippen LogP contribution is -2.43. The Hall–Kier alpha value is -1.56. The molecule has 0 amide bonds. The quantitative estimate of drug-likeness (QED) is 0.357. The number of aryl methyl sites for hydroxylation is 1. The van der Waals surface area contributed by atoms with Gasteiger partial charge in [0.05, 0.1) is 12.2 Å². The summed E-state index contributed by atoms with van der Waals surface area (Å²) in [6, 6.07) is 0.424. The summed E-state index contributed by atoms with van der Waals surface area (Å²) in [6.07, 6.45) is 8.76. The molecule has 1 saturated carbocycles. The Kier molecular flexibility index (Phi) is 4.19. The minimum absolute atomic E-state index is 0.424. The maximum absolute atomic E-state index is 5.57. The first kappa shape index (κ1) is 12.9. The van der Waals surface area contributed by atoms with Crippen LogP contribution in [0.3, 0.4) is 0 Å². The Bertz CT molecular complexity index is 404. The van der Waals surface area contributed by atoms with Crippen LogP contribution in [0.1, 0.15) is 31.2 Å². The van der Waals surface area contributed by atoms with Gasteiger partial charge in [0.25, 0.3) is 0 Å². The predicted molar refractivity (Wildman–Crippen MR) is 71.7 cm³/mol. The largest absolute Gasteiger partial charge is 0.341 e. The van der Waals surface area contributed by atoms with Crippen LogP contribution in [0.25, 0.3) is 0 Å². The van der Waals surface area contributed by atoms with Crippen LogP contribution in [0, 0.1) is 0 Å². The van der Waals surface area contributed by atoms with E-state index in [2.05, 4.69) is 15.5 Å². The van der Waals surface area contributed by atoms with Gasteiger partial charge in [-0.3, -0.25) is 10.1 Å². The fourth-order valence-corrected chi connectivity index (χ4v) is 2.35. The molecule has 2 rings (SSSR count). The maximum Gasteiger partial charge on any atom is 0.208 e. The zero-order chi connectivity index (χ0) is 13.0. The normalized spacial score (nSPS) is 17.2. The van der Waals surface area contributed by atoms with Crippen molar-refractivity contribution in [2.24, 2.45) is 17.9 Å². The molecule has 6 heteroatoms. The van der Waals surface area contributed by atoms with Crippen molar-refractivity contribution < 1.29 is 0 Å². The standard InChI is InChI=1S/C12H22N6/c1-17(8-10-7-14-18(2)9-10)12(16-13)15-11-5-3-4-6-11/h7,9,11H,3-6,8,13H2,1-2H3,(H,15,16). The lowest BCUT2D eigenvalue weighted by atomic mass is 10.3. The van der Waals surface area contributed by atoms with Gasteiger partial charge in [0.1, 0.15) is 0 Å². The van der Waals surface area contributed by atoms with Crippen molar-refractivity contribution in [3.05, 3.63) is 18.0 Å². The zero-order valence-corrected chi connectivity index (χ0v) is 11.1. The summed E-state index contributed by atoms with van der Waals surface area (Å²) in [5, 5.41) is 4.16. The number of rotatable bonds is 3. The van der Waals surface area contributed by atoms with Gasteiger partial charge in [-0.25, -0.2) is 10.8 Å². The van der Waals surface area contributed by atoms with E-state index in [-0.39, 0.29) is 0 Å². The van der Waals surface area contributed by atoms with E-state index in [0.717, 1.165) is 18.1 Å². The van der Waals surface area contributed by atoms with Gasteiger partial charge in [0.15, 0.2) is 0 Å². The molecule has 0 bridgehead atoms. The minimum Gasteiger partial charge on any atom is -0.341 e. The molecule has 1 aromatic rings. The van der Waals surface area contributed by atoms with Gasteiger partial charge in [-0.2, -0.15) is 5.10 Å². The molecule has 1 aliphatic carbocycles. The Morgan fingerprint density at radius 3 is 2.89 bits per heavy atom.